The second kappa shape index (κ2) is 8.65. The van der Waals surface area contributed by atoms with Gasteiger partial charge >= 0.3 is 0 Å². The maximum Gasteiger partial charge on any atom is 0.228 e. The molecule has 0 bridgehead atoms. The number of thiazole rings is 1. The summed E-state index contributed by atoms with van der Waals surface area (Å²) in [6.45, 7) is 1.55. The van der Waals surface area contributed by atoms with Gasteiger partial charge in [-0.3, -0.25) is 4.79 Å². The lowest BCUT2D eigenvalue weighted by Gasteiger charge is -2.32. The van der Waals surface area contributed by atoms with Gasteiger partial charge in [0.2, 0.25) is 5.91 Å². The molecule has 4 aromatic rings. The van der Waals surface area contributed by atoms with Gasteiger partial charge in [0.25, 0.3) is 0 Å². The minimum absolute atomic E-state index is 0.153. The minimum Gasteiger partial charge on any atom is -0.497 e. The van der Waals surface area contributed by atoms with Gasteiger partial charge in [0.1, 0.15) is 10.8 Å². The van der Waals surface area contributed by atoms with Crippen LogP contribution in [0, 0.1) is 0 Å². The smallest absolute Gasteiger partial charge is 0.228 e. The first-order chi connectivity index (χ1) is 15.1. The lowest BCUT2D eigenvalue weighted by atomic mass is 9.89. The first-order valence-electron chi connectivity index (χ1n) is 10.2. The molecule has 1 saturated heterocycles. The standard InChI is InChI=1S/C23H22ClN3O2S2/c1-29-16-2-3-19-17(11-16)18(12-25-19)14-6-8-27(9-7-14)22(28)10-15-13-30-23(26-15)20-4-5-21(24)31-20/h2-5,11-14,25H,6-10H2,1H3. The molecule has 4 heterocycles. The Labute approximate surface area is 193 Å². The quantitative estimate of drug-likeness (QED) is 0.390. The lowest BCUT2D eigenvalue weighted by Crippen LogP contribution is -2.38. The van der Waals surface area contributed by atoms with E-state index in [2.05, 4.69) is 28.3 Å². The van der Waals surface area contributed by atoms with Crippen LogP contribution in [0.15, 0.2) is 41.9 Å². The summed E-state index contributed by atoms with van der Waals surface area (Å²) in [5.41, 5.74) is 3.28. The Morgan fingerprint density at radius 2 is 2.13 bits per heavy atom. The van der Waals surface area contributed by atoms with Crippen molar-refractivity contribution in [1.29, 1.82) is 0 Å². The molecule has 1 N–H and O–H groups in total. The van der Waals surface area contributed by atoms with Crippen LogP contribution in [0.1, 0.15) is 30.0 Å². The van der Waals surface area contributed by atoms with Crippen LogP contribution in [-0.4, -0.2) is 41.0 Å². The van der Waals surface area contributed by atoms with E-state index in [-0.39, 0.29) is 5.91 Å². The summed E-state index contributed by atoms with van der Waals surface area (Å²) < 4.78 is 6.14. The number of ether oxygens (including phenoxy) is 1. The molecule has 0 unspecified atom stereocenters. The second-order valence-electron chi connectivity index (χ2n) is 7.74. The van der Waals surface area contributed by atoms with Crippen molar-refractivity contribution in [3.63, 3.8) is 0 Å². The number of carbonyl (C=O) groups is 1. The number of piperidine rings is 1. The number of carbonyl (C=O) groups excluding carboxylic acids is 1. The summed E-state index contributed by atoms with van der Waals surface area (Å²) in [7, 11) is 1.69. The van der Waals surface area contributed by atoms with Crippen LogP contribution in [0.25, 0.3) is 20.8 Å². The highest BCUT2D eigenvalue weighted by atomic mass is 35.5. The Balaban J connectivity index is 1.22. The summed E-state index contributed by atoms with van der Waals surface area (Å²) in [4.78, 5) is 23.9. The number of hydrogen-bond acceptors (Lipinski definition) is 5. The second-order valence-corrected chi connectivity index (χ2v) is 10.3. The fourth-order valence-corrected chi connectivity index (χ4v) is 6.16. The van der Waals surface area contributed by atoms with E-state index in [0.717, 1.165) is 57.1 Å². The largest absolute Gasteiger partial charge is 0.497 e. The molecule has 0 aliphatic carbocycles. The Bertz CT molecular complexity index is 1220. The third kappa shape index (κ3) is 4.22. The van der Waals surface area contributed by atoms with Crippen molar-refractivity contribution in [2.24, 2.45) is 0 Å². The molecule has 1 aliphatic rings. The number of nitrogens with zero attached hydrogens (tertiary/aromatic N) is 2. The number of H-pyrrole nitrogens is 1. The van der Waals surface area contributed by atoms with Gasteiger partial charge in [-0.25, -0.2) is 4.98 Å². The van der Waals surface area contributed by atoms with E-state index in [1.54, 1.807) is 18.4 Å². The minimum atomic E-state index is 0.153. The average molecular weight is 472 g/mol. The predicted octanol–water partition coefficient (Wildman–Crippen LogP) is 5.96. The molecular weight excluding hydrogens is 450 g/mol. The lowest BCUT2D eigenvalue weighted by molar-refractivity contribution is -0.131. The van der Waals surface area contributed by atoms with E-state index >= 15 is 0 Å². The van der Waals surface area contributed by atoms with Gasteiger partial charge in [-0.1, -0.05) is 11.6 Å². The maximum atomic E-state index is 12.9. The van der Waals surface area contributed by atoms with E-state index < -0.39 is 0 Å². The van der Waals surface area contributed by atoms with Crippen LogP contribution in [0.5, 0.6) is 5.75 Å². The number of fused-ring (bicyclic) bond motifs is 1. The van der Waals surface area contributed by atoms with Crippen LogP contribution < -0.4 is 4.74 Å². The Morgan fingerprint density at radius 1 is 1.29 bits per heavy atom. The van der Waals surface area contributed by atoms with Crippen molar-refractivity contribution in [1.82, 2.24) is 14.9 Å². The van der Waals surface area contributed by atoms with Gasteiger partial charge in [-0.05, 0) is 54.7 Å². The number of hydrogen-bond donors (Lipinski definition) is 1. The zero-order valence-electron chi connectivity index (χ0n) is 17.1. The average Bonchev–Trinajstić information content (AvgIpc) is 3.53. The molecule has 5 nitrogen and oxygen atoms in total. The van der Waals surface area contributed by atoms with Crippen molar-refractivity contribution in [3.8, 4) is 15.6 Å². The topological polar surface area (TPSA) is 58.2 Å². The first kappa shape index (κ1) is 20.5. The van der Waals surface area contributed by atoms with Gasteiger partial charge in [0.15, 0.2) is 0 Å². The summed E-state index contributed by atoms with van der Waals surface area (Å²) in [6.07, 6.45) is 4.39. The monoisotopic (exact) mass is 471 g/mol. The predicted molar refractivity (Wildman–Crippen MR) is 128 cm³/mol. The van der Waals surface area contributed by atoms with Gasteiger partial charge in [0, 0.05) is 35.6 Å². The van der Waals surface area contributed by atoms with Gasteiger partial charge in [-0.15, -0.1) is 22.7 Å². The SMILES string of the molecule is COc1ccc2[nH]cc(C3CCN(C(=O)Cc4csc(-c5ccc(Cl)s5)n4)CC3)c2c1. The molecule has 5 rings (SSSR count). The van der Waals surface area contributed by atoms with Gasteiger partial charge in [-0.2, -0.15) is 0 Å². The molecule has 1 fully saturated rings. The molecule has 1 aliphatic heterocycles. The van der Waals surface area contributed by atoms with Crippen molar-refractivity contribution >= 4 is 51.1 Å². The van der Waals surface area contributed by atoms with Gasteiger partial charge in [0.05, 0.1) is 28.4 Å². The molecule has 31 heavy (non-hydrogen) atoms. The van der Waals surface area contributed by atoms with Crippen molar-refractivity contribution in [2.75, 3.05) is 20.2 Å². The number of halogens is 1. The summed E-state index contributed by atoms with van der Waals surface area (Å²) in [5.74, 6) is 1.47. The first-order valence-corrected chi connectivity index (χ1v) is 12.3. The Kier molecular flexibility index (Phi) is 5.73. The molecular formula is C23H22ClN3O2S2. The van der Waals surface area contributed by atoms with E-state index in [0.29, 0.717) is 12.3 Å². The molecule has 160 valence electrons. The number of methoxy groups -OCH3 is 1. The number of amides is 1. The number of aromatic nitrogens is 2. The molecule has 0 saturated carbocycles. The Morgan fingerprint density at radius 3 is 2.87 bits per heavy atom. The van der Waals surface area contributed by atoms with Crippen LogP contribution in [0.3, 0.4) is 0 Å². The number of nitrogens with one attached hydrogen (secondary N) is 1. The van der Waals surface area contributed by atoms with Crippen LogP contribution in [0.4, 0.5) is 0 Å². The van der Waals surface area contributed by atoms with E-state index in [9.17, 15) is 4.79 Å². The number of benzene rings is 1. The fraction of sp³-hybridized carbons (Fsp3) is 0.304. The van der Waals surface area contributed by atoms with E-state index in [1.807, 2.05) is 28.5 Å². The van der Waals surface area contributed by atoms with Crippen LogP contribution in [0.2, 0.25) is 4.34 Å². The molecule has 1 aromatic carbocycles. The number of likely N-dealkylation sites (tertiary alicyclic amines) is 1. The van der Waals surface area contributed by atoms with Crippen LogP contribution >= 0.6 is 34.3 Å². The van der Waals surface area contributed by atoms with E-state index in [4.69, 9.17) is 16.3 Å². The molecule has 0 radical (unpaired) electrons. The number of rotatable bonds is 5. The molecule has 8 heteroatoms. The molecule has 0 atom stereocenters. The fourth-order valence-electron chi connectivity index (χ4n) is 4.22. The summed E-state index contributed by atoms with van der Waals surface area (Å²) in [6, 6.07) is 9.98. The zero-order chi connectivity index (χ0) is 21.4. The number of thiophene rings is 1. The zero-order valence-corrected chi connectivity index (χ0v) is 19.4. The summed E-state index contributed by atoms with van der Waals surface area (Å²) >= 11 is 9.10. The van der Waals surface area contributed by atoms with Crippen molar-refractivity contribution in [2.45, 2.75) is 25.2 Å². The third-order valence-corrected chi connectivity index (χ3v) is 8.17. The van der Waals surface area contributed by atoms with Crippen molar-refractivity contribution < 1.29 is 9.53 Å². The van der Waals surface area contributed by atoms with Crippen molar-refractivity contribution in [3.05, 3.63) is 57.5 Å². The van der Waals surface area contributed by atoms with Gasteiger partial charge < -0.3 is 14.6 Å². The highest BCUT2D eigenvalue weighted by molar-refractivity contribution is 7.23. The molecule has 3 aromatic heterocycles. The van der Waals surface area contributed by atoms with E-state index in [1.165, 1.54) is 22.3 Å². The highest BCUT2D eigenvalue weighted by Gasteiger charge is 2.26. The maximum absolute atomic E-state index is 12.9. The number of aromatic amines is 1. The molecule has 1 amide bonds. The van der Waals surface area contributed by atoms with Crippen LogP contribution in [-0.2, 0) is 11.2 Å². The summed E-state index contributed by atoms with van der Waals surface area (Å²) in [5, 5.41) is 4.12. The molecule has 0 spiro atoms. The Hall–Kier alpha value is -2.35. The highest BCUT2D eigenvalue weighted by Crippen LogP contribution is 2.35. The normalized spacial score (nSPS) is 15.0. The third-order valence-electron chi connectivity index (χ3n) is 5.88.